The molecule has 0 aliphatic carbocycles. The zero-order chi connectivity index (χ0) is 33.3. The lowest BCUT2D eigenvalue weighted by atomic mass is 9.98. The van der Waals surface area contributed by atoms with Gasteiger partial charge in [-0.1, -0.05) is 0 Å². The number of benzene rings is 2. The average molecular weight is 643 g/mol. The maximum Gasteiger partial charge on any atom is 0.342 e. The number of ether oxygens (including phenoxy) is 5. The van der Waals surface area contributed by atoms with E-state index in [1.54, 1.807) is 0 Å². The number of phenolic OH excluding ortho intramolecular Hbond substituents is 4. The van der Waals surface area contributed by atoms with Crippen LogP contribution in [0.1, 0.15) is 31.8 Å². The first-order chi connectivity index (χ1) is 21.1. The minimum Gasteiger partial charge on any atom is -0.508 e. The minimum absolute atomic E-state index is 0.165. The van der Waals surface area contributed by atoms with Gasteiger partial charge in [0.15, 0.2) is 12.6 Å². The Morgan fingerprint density at radius 2 is 0.956 bits per heavy atom. The molecule has 17 nitrogen and oxygen atoms in total. The standard InChI is InChI=1S/C28H34O17/c1-9-3-11(29)5-13(31)17(9)25(39)41-7-15-19(33)21(35)23(37)27(43-15)45-28-24(38)22(36)20(34)16(44-28)8-42-26(40)18-10(2)4-12(30)6-14(18)32/h3-6,15-16,19-24,27-38H,7-8H2,1-2H3/t15-,16-,19-,20-,21+,22+,23-,24-,27-,28?/m1/s1. The Hall–Kier alpha value is -3.78. The van der Waals surface area contributed by atoms with Crippen molar-refractivity contribution in [1.29, 1.82) is 0 Å². The number of rotatable bonds is 8. The van der Waals surface area contributed by atoms with Crippen molar-refractivity contribution in [2.24, 2.45) is 0 Å². The molecule has 248 valence electrons. The average Bonchev–Trinajstić information content (AvgIpc) is 2.95. The highest BCUT2D eigenvalue weighted by Crippen LogP contribution is 2.31. The van der Waals surface area contributed by atoms with Crippen molar-refractivity contribution in [3.8, 4) is 23.0 Å². The van der Waals surface area contributed by atoms with Crippen molar-refractivity contribution >= 4 is 11.9 Å². The van der Waals surface area contributed by atoms with Gasteiger partial charge in [-0.2, -0.15) is 0 Å². The maximum atomic E-state index is 12.6. The SMILES string of the molecule is Cc1cc(O)cc(O)c1C(=O)OC[C@H]1O[C@H](OC2O[C@H](COC(=O)c3c(C)cc(O)cc3O)[C@@H](O)[C@H](O)[C@H]2O)[C@H](O)[C@@H](O)[C@@H]1O. The molecule has 2 saturated heterocycles. The van der Waals surface area contributed by atoms with E-state index in [1.807, 2.05) is 0 Å². The molecule has 17 heteroatoms. The molecule has 1 unspecified atom stereocenters. The highest BCUT2D eigenvalue weighted by Gasteiger charge is 2.50. The Morgan fingerprint density at radius 1 is 0.600 bits per heavy atom. The van der Waals surface area contributed by atoms with Gasteiger partial charge in [-0.3, -0.25) is 0 Å². The molecule has 0 radical (unpaired) electrons. The Balaban J connectivity index is 1.42. The molecule has 45 heavy (non-hydrogen) atoms. The van der Waals surface area contributed by atoms with Gasteiger partial charge in [0.2, 0.25) is 0 Å². The summed E-state index contributed by atoms with van der Waals surface area (Å²) in [6.45, 7) is 1.36. The van der Waals surface area contributed by atoms with Crippen molar-refractivity contribution in [2.45, 2.75) is 75.3 Å². The van der Waals surface area contributed by atoms with E-state index in [9.17, 15) is 60.7 Å². The Morgan fingerprint density at radius 3 is 1.29 bits per heavy atom. The number of aliphatic hydroxyl groups is 6. The predicted molar refractivity (Wildman–Crippen MR) is 144 cm³/mol. The summed E-state index contributed by atoms with van der Waals surface area (Å²) in [4.78, 5) is 25.2. The molecule has 4 rings (SSSR count). The lowest BCUT2D eigenvalue weighted by Gasteiger charge is -2.44. The summed E-state index contributed by atoms with van der Waals surface area (Å²) in [6.07, 6.45) is -18.3. The van der Waals surface area contributed by atoms with Crippen LogP contribution in [0.2, 0.25) is 0 Å². The first-order valence-electron chi connectivity index (χ1n) is 13.5. The topological polar surface area (TPSA) is 283 Å². The van der Waals surface area contributed by atoms with Crippen molar-refractivity contribution in [2.75, 3.05) is 13.2 Å². The van der Waals surface area contributed by atoms with E-state index >= 15 is 0 Å². The lowest BCUT2D eigenvalue weighted by Crippen LogP contribution is -2.64. The largest absolute Gasteiger partial charge is 0.508 e. The molecule has 0 amide bonds. The van der Waals surface area contributed by atoms with Crippen LogP contribution < -0.4 is 0 Å². The summed E-state index contributed by atoms with van der Waals surface area (Å²) >= 11 is 0. The maximum absolute atomic E-state index is 12.6. The molecule has 10 N–H and O–H groups in total. The molecule has 2 aliphatic heterocycles. The van der Waals surface area contributed by atoms with E-state index in [0.29, 0.717) is 0 Å². The van der Waals surface area contributed by atoms with E-state index in [0.717, 1.165) is 12.1 Å². The van der Waals surface area contributed by atoms with Crippen molar-refractivity contribution in [1.82, 2.24) is 0 Å². The molecule has 2 aliphatic rings. The molecule has 0 saturated carbocycles. The zero-order valence-electron chi connectivity index (χ0n) is 23.8. The third kappa shape index (κ3) is 7.22. The highest BCUT2D eigenvalue weighted by molar-refractivity contribution is 5.95. The molecular formula is C28H34O17. The van der Waals surface area contributed by atoms with Crippen LogP contribution in [0.3, 0.4) is 0 Å². The molecule has 2 heterocycles. The summed E-state index contributed by atoms with van der Waals surface area (Å²) in [5.74, 6) is -3.92. The molecule has 0 aromatic heterocycles. The van der Waals surface area contributed by atoms with E-state index in [-0.39, 0.29) is 33.8 Å². The van der Waals surface area contributed by atoms with E-state index < -0.39 is 98.1 Å². The molecule has 2 fully saturated rings. The number of phenols is 4. The number of carbonyl (C=O) groups is 2. The fourth-order valence-electron chi connectivity index (χ4n) is 4.96. The van der Waals surface area contributed by atoms with Gasteiger partial charge in [0.25, 0.3) is 0 Å². The van der Waals surface area contributed by atoms with E-state index in [1.165, 1.54) is 26.0 Å². The smallest absolute Gasteiger partial charge is 0.342 e. The van der Waals surface area contributed by atoms with Crippen molar-refractivity contribution in [3.05, 3.63) is 46.5 Å². The Labute approximate surface area is 254 Å². The zero-order valence-corrected chi connectivity index (χ0v) is 23.8. The van der Waals surface area contributed by atoms with Crippen LogP contribution in [-0.4, -0.2) is 138 Å². The molecule has 0 spiro atoms. The first kappa shape index (κ1) is 34.1. The normalized spacial score (nSPS) is 31.7. The van der Waals surface area contributed by atoms with Gasteiger partial charge < -0.3 is 74.7 Å². The van der Waals surface area contributed by atoms with Crippen molar-refractivity contribution < 1.29 is 84.3 Å². The van der Waals surface area contributed by atoms with Crippen LogP contribution in [-0.2, 0) is 23.7 Å². The number of aliphatic hydroxyl groups excluding tert-OH is 6. The summed E-state index contributed by atoms with van der Waals surface area (Å²) in [5.41, 5.74) is -0.252. The Kier molecular flexibility index (Phi) is 10.4. The summed E-state index contributed by atoms with van der Waals surface area (Å²) in [7, 11) is 0. The van der Waals surface area contributed by atoms with Crippen LogP contribution in [0.25, 0.3) is 0 Å². The predicted octanol–water partition coefficient (Wildman–Crippen LogP) is -2.23. The van der Waals surface area contributed by atoms with Crippen molar-refractivity contribution in [3.63, 3.8) is 0 Å². The molecule has 10 atom stereocenters. The second-order valence-corrected chi connectivity index (χ2v) is 10.7. The van der Waals surface area contributed by atoms with Crippen LogP contribution in [0.15, 0.2) is 24.3 Å². The van der Waals surface area contributed by atoms with Crippen LogP contribution in [0, 0.1) is 13.8 Å². The van der Waals surface area contributed by atoms with E-state index in [2.05, 4.69) is 0 Å². The molecule has 2 aromatic rings. The van der Waals surface area contributed by atoms with Crippen LogP contribution >= 0.6 is 0 Å². The quantitative estimate of drug-likeness (QED) is 0.136. The van der Waals surface area contributed by atoms with E-state index in [4.69, 9.17) is 23.7 Å². The number of aromatic hydroxyl groups is 4. The van der Waals surface area contributed by atoms with Gasteiger partial charge >= 0.3 is 11.9 Å². The van der Waals surface area contributed by atoms with Crippen LogP contribution in [0.4, 0.5) is 0 Å². The summed E-state index contributed by atoms with van der Waals surface area (Å²) in [5, 5.41) is 102. The molecule has 2 aromatic carbocycles. The fraction of sp³-hybridized carbons (Fsp3) is 0.500. The highest BCUT2D eigenvalue weighted by atomic mass is 16.8. The molecule has 0 bridgehead atoms. The Bertz CT molecular complexity index is 1250. The molecular weight excluding hydrogens is 608 g/mol. The second-order valence-electron chi connectivity index (χ2n) is 10.7. The van der Waals surface area contributed by atoms with Gasteiger partial charge in [0.1, 0.15) is 96.2 Å². The third-order valence-electron chi connectivity index (χ3n) is 7.37. The number of hydrogen-bond donors (Lipinski definition) is 10. The van der Waals surface area contributed by atoms with Gasteiger partial charge in [-0.05, 0) is 37.1 Å². The summed E-state index contributed by atoms with van der Waals surface area (Å²) in [6, 6.07) is 4.21. The van der Waals surface area contributed by atoms with Gasteiger partial charge in [0.05, 0.1) is 0 Å². The summed E-state index contributed by atoms with van der Waals surface area (Å²) < 4.78 is 26.5. The second kappa shape index (κ2) is 13.7. The number of esters is 2. The van der Waals surface area contributed by atoms with Gasteiger partial charge in [-0.15, -0.1) is 0 Å². The van der Waals surface area contributed by atoms with Gasteiger partial charge in [0, 0.05) is 12.1 Å². The monoisotopic (exact) mass is 642 g/mol. The number of aryl methyl sites for hydroxylation is 2. The van der Waals surface area contributed by atoms with Gasteiger partial charge in [-0.25, -0.2) is 9.59 Å². The lowest BCUT2D eigenvalue weighted by molar-refractivity contribution is -0.376. The minimum atomic E-state index is -1.97. The van der Waals surface area contributed by atoms with Crippen LogP contribution in [0.5, 0.6) is 23.0 Å². The fourth-order valence-corrected chi connectivity index (χ4v) is 4.96. The number of hydrogen-bond acceptors (Lipinski definition) is 17. The number of carbonyl (C=O) groups excluding carboxylic acids is 2. The third-order valence-corrected chi connectivity index (χ3v) is 7.37. The first-order valence-corrected chi connectivity index (χ1v) is 13.5.